The molecule has 0 saturated heterocycles. The van der Waals surface area contributed by atoms with Crippen molar-refractivity contribution in [2.75, 3.05) is 19.8 Å². The number of ether oxygens (including phenoxy) is 1. The lowest BCUT2D eigenvalue weighted by Gasteiger charge is -2.13. The van der Waals surface area contributed by atoms with Gasteiger partial charge in [0, 0.05) is 11.6 Å². The molecular weight excluding hydrogens is 461 g/mol. The Morgan fingerprint density at radius 1 is 0.970 bits per heavy atom. The van der Waals surface area contributed by atoms with E-state index in [1.807, 2.05) is 36.4 Å². The fourth-order valence-electron chi connectivity index (χ4n) is 3.47. The molecule has 6 nitrogen and oxygen atoms in total. The highest BCUT2D eigenvalue weighted by atomic mass is 35.5. The molecule has 0 spiro atoms. The van der Waals surface area contributed by atoms with Gasteiger partial charge in [0.05, 0.1) is 25.0 Å². The van der Waals surface area contributed by atoms with Crippen LogP contribution in [0.3, 0.4) is 0 Å². The second-order valence-corrected chi connectivity index (χ2v) is 9.00. The minimum absolute atomic E-state index is 0.269. The lowest BCUT2D eigenvalue weighted by molar-refractivity contribution is 0.276. The van der Waals surface area contributed by atoms with E-state index in [9.17, 15) is 4.57 Å². The molecule has 1 aromatic heterocycles. The number of furan rings is 1. The van der Waals surface area contributed by atoms with Crippen molar-refractivity contribution in [1.82, 2.24) is 5.32 Å². The minimum atomic E-state index is -2.84. The second kappa shape index (κ2) is 14.2. The zero-order valence-corrected chi connectivity index (χ0v) is 20.4. The van der Waals surface area contributed by atoms with Crippen LogP contribution in [0.5, 0.6) is 5.75 Å². The van der Waals surface area contributed by atoms with E-state index in [1.54, 1.807) is 6.26 Å². The molecule has 0 aliphatic heterocycles. The Morgan fingerprint density at radius 2 is 1.79 bits per heavy atom. The standard InChI is InChI=1S/C25H31ClNO5P/c26-22-11-8-20(9-12-22)6-2-1-3-15-30-25-13-10-21(18-23(25)24-7-4-16-31-24)19-27-14-5-17-32-33(28)29/h4,7-13,16,18,27,33H,1-3,5-6,14-15,17,19H2,(H,28,29). The molecule has 33 heavy (non-hydrogen) atoms. The summed E-state index contributed by atoms with van der Waals surface area (Å²) in [6.45, 7) is 2.29. The van der Waals surface area contributed by atoms with Crippen LogP contribution >= 0.6 is 19.9 Å². The first kappa shape index (κ1) is 25.5. The first-order valence-electron chi connectivity index (χ1n) is 11.2. The van der Waals surface area contributed by atoms with Crippen LogP contribution in [0.4, 0.5) is 0 Å². The Kier molecular flexibility index (Phi) is 11.0. The summed E-state index contributed by atoms with van der Waals surface area (Å²) in [5, 5.41) is 4.09. The maximum atomic E-state index is 10.5. The quantitative estimate of drug-likeness (QED) is 0.192. The number of nitrogens with one attached hydrogen (secondary N) is 1. The van der Waals surface area contributed by atoms with Crippen LogP contribution in [0.1, 0.15) is 36.8 Å². The maximum absolute atomic E-state index is 10.5. The van der Waals surface area contributed by atoms with Crippen LogP contribution < -0.4 is 10.1 Å². The molecule has 1 unspecified atom stereocenters. The highest BCUT2D eigenvalue weighted by Gasteiger charge is 2.10. The molecule has 0 amide bonds. The van der Waals surface area contributed by atoms with Gasteiger partial charge < -0.3 is 23.9 Å². The number of unbranched alkanes of at least 4 members (excludes halogenated alkanes) is 2. The van der Waals surface area contributed by atoms with Crippen LogP contribution in [0, 0.1) is 0 Å². The number of hydrogen-bond acceptors (Lipinski definition) is 5. The summed E-state index contributed by atoms with van der Waals surface area (Å²) >= 11 is 5.94. The maximum Gasteiger partial charge on any atom is 0.316 e. The topological polar surface area (TPSA) is 80.9 Å². The monoisotopic (exact) mass is 491 g/mol. The van der Waals surface area contributed by atoms with Crippen LogP contribution in [0.25, 0.3) is 11.3 Å². The van der Waals surface area contributed by atoms with E-state index in [1.165, 1.54) is 5.56 Å². The van der Waals surface area contributed by atoms with Crippen LogP contribution in [0.2, 0.25) is 5.02 Å². The number of benzene rings is 2. The average molecular weight is 492 g/mol. The van der Waals surface area contributed by atoms with Crippen LogP contribution in [0.15, 0.2) is 65.3 Å². The van der Waals surface area contributed by atoms with E-state index >= 15 is 0 Å². The van der Waals surface area contributed by atoms with Crippen molar-refractivity contribution in [2.24, 2.45) is 0 Å². The summed E-state index contributed by atoms with van der Waals surface area (Å²) < 4.78 is 27.0. The van der Waals surface area contributed by atoms with Gasteiger partial charge in [-0.3, -0.25) is 4.57 Å². The molecular formula is C25H31ClNO5P. The largest absolute Gasteiger partial charge is 0.493 e. The molecule has 3 rings (SSSR count). The Morgan fingerprint density at radius 3 is 2.55 bits per heavy atom. The zero-order chi connectivity index (χ0) is 23.3. The Labute approximate surface area is 200 Å². The van der Waals surface area contributed by atoms with Gasteiger partial charge in [-0.15, -0.1) is 0 Å². The summed E-state index contributed by atoms with van der Waals surface area (Å²) in [5.41, 5.74) is 3.34. The molecule has 8 heteroatoms. The molecule has 178 valence electrons. The van der Waals surface area contributed by atoms with E-state index < -0.39 is 8.25 Å². The minimum Gasteiger partial charge on any atom is -0.493 e. The number of hydrogen-bond donors (Lipinski definition) is 2. The van der Waals surface area contributed by atoms with Gasteiger partial charge in [0.15, 0.2) is 0 Å². The smallest absolute Gasteiger partial charge is 0.316 e. The molecule has 3 aromatic rings. The second-order valence-electron chi connectivity index (χ2n) is 7.74. The summed E-state index contributed by atoms with van der Waals surface area (Å²) in [5.74, 6) is 1.59. The van der Waals surface area contributed by atoms with Crippen molar-refractivity contribution in [3.05, 3.63) is 77.0 Å². The Bertz CT molecular complexity index is 979. The van der Waals surface area contributed by atoms with Crippen molar-refractivity contribution in [3.63, 3.8) is 0 Å². The predicted octanol–water partition coefficient (Wildman–Crippen LogP) is 6.27. The third kappa shape index (κ3) is 9.36. The summed E-state index contributed by atoms with van der Waals surface area (Å²) in [4.78, 5) is 8.67. The van der Waals surface area contributed by atoms with E-state index in [2.05, 4.69) is 23.5 Å². The van der Waals surface area contributed by atoms with Gasteiger partial charge in [0.2, 0.25) is 0 Å². The lowest BCUT2D eigenvalue weighted by atomic mass is 10.1. The molecule has 1 heterocycles. The van der Waals surface area contributed by atoms with Gasteiger partial charge in [-0.1, -0.05) is 29.8 Å². The molecule has 0 bridgehead atoms. The van der Waals surface area contributed by atoms with Crippen molar-refractivity contribution >= 4 is 19.9 Å². The first-order valence-corrected chi connectivity index (χ1v) is 12.9. The van der Waals surface area contributed by atoms with E-state index in [0.29, 0.717) is 26.1 Å². The third-order valence-electron chi connectivity index (χ3n) is 5.16. The number of rotatable bonds is 15. The van der Waals surface area contributed by atoms with Gasteiger partial charge >= 0.3 is 8.25 Å². The van der Waals surface area contributed by atoms with E-state index in [-0.39, 0.29) is 6.61 Å². The molecule has 0 radical (unpaired) electrons. The Balaban J connectivity index is 1.45. The zero-order valence-electron chi connectivity index (χ0n) is 18.6. The highest BCUT2D eigenvalue weighted by molar-refractivity contribution is 7.32. The SMILES string of the molecule is O=[PH](O)OCCCNCc1ccc(OCCCCCc2ccc(Cl)cc2)c(-c2ccco2)c1. The molecule has 2 aromatic carbocycles. The van der Waals surface area contributed by atoms with Gasteiger partial charge in [0.25, 0.3) is 0 Å². The van der Waals surface area contributed by atoms with Gasteiger partial charge in [-0.05, 0) is 86.2 Å². The summed E-state index contributed by atoms with van der Waals surface area (Å²) in [6.07, 6.45) is 6.56. The van der Waals surface area contributed by atoms with Gasteiger partial charge in [0.1, 0.15) is 11.5 Å². The Hall–Kier alpha value is -2.08. The van der Waals surface area contributed by atoms with Crippen molar-refractivity contribution < 1.29 is 23.1 Å². The lowest BCUT2D eigenvalue weighted by Crippen LogP contribution is -2.16. The van der Waals surface area contributed by atoms with Crippen molar-refractivity contribution in [3.8, 4) is 17.1 Å². The normalized spacial score (nSPS) is 12.1. The van der Waals surface area contributed by atoms with Crippen molar-refractivity contribution in [1.29, 1.82) is 0 Å². The highest BCUT2D eigenvalue weighted by Crippen LogP contribution is 2.32. The molecule has 0 aliphatic carbocycles. The molecule has 1 atom stereocenters. The van der Waals surface area contributed by atoms with Crippen LogP contribution in [-0.2, 0) is 22.1 Å². The van der Waals surface area contributed by atoms with Crippen LogP contribution in [-0.4, -0.2) is 24.7 Å². The number of aryl methyl sites for hydroxylation is 1. The molecule has 2 N–H and O–H groups in total. The average Bonchev–Trinajstić information content (AvgIpc) is 3.35. The fraction of sp³-hybridized carbons (Fsp3) is 0.360. The molecule has 0 aliphatic rings. The fourth-order valence-corrected chi connectivity index (χ4v) is 3.91. The van der Waals surface area contributed by atoms with E-state index in [0.717, 1.165) is 53.3 Å². The summed E-state index contributed by atoms with van der Waals surface area (Å²) in [7, 11) is -2.84. The number of halogens is 1. The van der Waals surface area contributed by atoms with Gasteiger partial charge in [-0.2, -0.15) is 0 Å². The predicted molar refractivity (Wildman–Crippen MR) is 132 cm³/mol. The first-order chi connectivity index (χ1) is 16.1. The van der Waals surface area contributed by atoms with Crippen molar-refractivity contribution in [2.45, 2.75) is 38.6 Å². The molecule has 0 saturated carbocycles. The van der Waals surface area contributed by atoms with E-state index in [4.69, 9.17) is 30.2 Å². The molecule has 0 fully saturated rings. The summed E-state index contributed by atoms with van der Waals surface area (Å²) in [6, 6.07) is 17.9. The van der Waals surface area contributed by atoms with Gasteiger partial charge in [-0.25, -0.2) is 0 Å². The third-order valence-corrected chi connectivity index (χ3v) is 5.87.